The van der Waals surface area contributed by atoms with Gasteiger partial charge in [-0.25, -0.2) is 4.90 Å². The standard InChI is InChI=1S/C24H21NO6S/c1-28-17-9-6-15(7-10-17)21-22(32-14-18-5-4-12-31-18)24(27)25(23(21)26)16-8-11-19(29-2)20(13-16)30-3/h4-13H,14H2,1-3H3. The van der Waals surface area contributed by atoms with E-state index in [1.165, 1.54) is 26.0 Å². The van der Waals surface area contributed by atoms with E-state index < -0.39 is 11.8 Å². The van der Waals surface area contributed by atoms with E-state index in [1.807, 2.05) is 6.07 Å². The summed E-state index contributed by atoms with van der Waals surface area (Å²) in [4.78, 5) is 28.5. The Balaban J connectivity index is 1.75. The lowest BCUT2D eigenvalue weighted by Crippen LogP contribution is -2.31. The number of amides is 2. The van der Waals surface area contributed by atoms with E-state index in [1.54, 1.807) is 61.9 Å². The van der Waals surface area contributed by atoms with Crippen molar-refractivity contribution in [2.45, 2.75) is 5.75 Å². The highest BCUT2D eigenvalue weighted by atomic mass is 32.2. The molecule has 0 N–H and O–H groups in total. The van der Waals surface area contributed by atoms with Crippen molar-refractivity contribution in [3.8, 4) is 17.2 Å². The van der Waals surface area contributed by atoms with Gasteiger partial charge in [0.1, 0.15) is 11.5 Å². The summed E-state index contributed by atoms with van der Waals surface area (Å²) < 4.78 is 21.2. The van der Waals surface area contributed by atoms with Gasteiger partial charge < -0.3 is 18.6 Å². The maximum absolute atomic E-state index is 13.5. The van der Waals surface area contributed by atoms with Crippen molar-refractivity contribution in [2.24, 2.45) is 0 Å². The maximum atomic E-state index is 13.5. The van der Waals surface area contributed by atoms with Gasteiger partial charge in [-0.15, -0.1) is 11.8 Å². The molecule has 2 aromatic carbocycles. The first-order valence-electron chi connectivity index (χ1n) is 9.72. The first-order valence-corrected chi connectivity index (χ1v) is 10.7. The SMILES string of the molecule is COc1ccc(C2=C(SCc3ccco3)C(=O)N(c3ccc(OC)c(OC)c3)C2=O)cc1. The van der Waals surface area contributed by atoms with Crippen LogP contribution in [0.5, 0.6) is 17.2 Å². The summed E-state index contributed by atoms with van der Waals surface area (Å²) in [6.45, 7) is 0. The third-order valence-electron chi connectivity index (χ3n) is 4.98. The number of ether oxygens (including phenoxy) is 3. The Morgan fingerprint density at radius 1 is 0.875 bits per heavy atom. The van der Waals surface area contributed by atoms with E-state index >= 15 is 0 Å². The summed E-state index contributed by atoms with van der Waals surface area (Å²) in [5.74, 6) is 1.91. The fourth-order valence-corrected chi connectivity index (χ4v) is 4.41. The second-order valence-corrected chi connectivity index (χ2v) is 7.77. The van der Waals surface area contributed by atoms with Crippen LogP contribution in [0.2, 0.25) is 0 Å². The molecule has 8 heteroatoms. The number of rotatable bonds is 8. The molecule has 0 spiro atoms. The number of hydrogen-bond acceptors (Lipinski definition) is 7. The minimum absolute atomic E-state index is 0.337. The van der Waals surface area contributed by atoms with Gasteiger partial charge in [0, 0.05) is 6.07 Å². The van der Waals surface area contributed by atoms with E-state index in [-0.39, 0.29) is 0 Å². The molecule has 0 aliphatic carbocycles. The molecule has 0 unspecified atom stereocenters. The molecule has 2 amide bonds. The van der Waals surface area contributed by atoms with Crippen LogP contribution in [-0.4, -0.2) is 33.1 Å². The number of nitrogens with zero attached hydrogens (tertiary/aromatic N) is 1. The lowest BCUT2D eigenvalue weighted by molar-refractivity contribution is -0.119. The average Bonchev–Trinajstić information content (AvgIpc) is 3.43. The number of hydrogen-bond donors (Lipinski definition) is 0. The molecule has 32 heavy (non-hydrogen) atoms. The number of carbonyl (C=O) groups is 2. The van der Waals surface area contributed by atoms with Gasteiger partial charge in [0.2, 0.25) is 0 Å². The summed E-state index contributed by atoms with van der Waals surface area (Å²) in [5.41, 5.74) is 1.37. The van der Waals surface area contributed by atoms with Crippen LogP contribution in [0.25, 0.3) is 5.57 Å². The summed E-state index contributed by atoms with van der Waals surface area (Å²) in [6, 6.07) is 15.6. The van der Waals surface area contributed by atoms with E-state index in [4.69, 9.17) is 18.6 Å². The predicted octanol–water partition coefficient (Wildman–Crippen LogP) is 4.52. The van der Waals surface area contributed by atoms with Gasteiger partial charge in [0.15, 0.2) is 11.5 Å². The van der Waals surface area contributed by atoms with Crippen molar-refractivity contribution in [2.75, 3.05) is 26.2 Å². The zero-order valence-corrected chi connectivity index (χ0v) is 18.6. The minimum Gasteiger partial charge on any atom is -0.497 e. The van der Waals surface area contributed by atoms with Crippen LogP contribution < -0.4 is 19.1 Å². The third-order valence-corrected chi connectivity index (χ3v) is 6.08. The topological polar surface area (TPSA) is 78.2 Å². The van der Waals surface area contributed by atoms with Crippen molar-refractivity contribution in [1.29, 1.82) is 0 Å². The molecule has 4 rings (SSSR count). The quantitative estimate of drug-likeness (QED) is 0.466. The lowest BCUT2D eigenvalue weighted by Gasteiger charge is -2.17. The molecule has 2 heterocycles. The van der Waals surface area contributed by atoms with E-state index in [0.717, 1.165) is 4.90 Å². The van der Waals surface area contributed by atoms with Crippen molar-refractivity contribution in [1.82, 2.24) is 0 Å². The highest BCUT2D eigenvalue weighted by Crippen LogP contribution is 2.41. The Morgan fingerprint density at radius 3 is 2.25 bits per heavy atom. The third kappa shape index (κ3) is 3.97. The molecule has 3 aromatic rings. The van der Waals surface area contributed by atoms with Gasteiger partial charge in [-0.1, -0.05) is 12.1 Å². The van der Waals surface area contributed by atoms with Gasteiger partial charge in [-0.3, -0.25) is 9.59 Å². The summed E-state index contributed by atoms with van der Waals surface area (Å²) >= 11 is 1.27. The Labute approximate surface area is 189 Å². The largest absolute Gasteiger partial charge is 0.497 e. The Kier molecular flexibility index (Phi) is 6.23. The predicted molar refractivity (Wildman–Crippen MR) is 122 cm³/mol. The molecular formula is C24H21NO6S. The van der Waals surface area contributed by atoms with Crippen molar-refractivity contribution in [3.05, 3.63) is 77.1 Å². The molecule has 0 saturated carbocycles. The number of thioether (sulfide) groups is 1. The molecule has 0 bridgehead atoms. The molecule has 1 aliphatic heterocycles. The van der Waals surface area contributed by atoms with Crippen LogP contribution in [0.4, 0.5) is 5.69 Å². The average molecular weight is 452 g/mol. The molecular weight excluding hydrogens is 430 g/mol. The molecule has 0 saturated heterocycles. The fraction of sp³-hybridized carbons (Fsp3) is 0.167. The highest BCUT2D eigenvalue weighted by molar-refractivity contribution is 8.03. The minimum atomic E-state index is -0.408. The first-order chi connectivity index (χ1) is 15.6. The molecule has 1 aromatic heterocycles. The van der Waals surface area contributed by atoms with Crippen LogP contribution in [0.1, 0.15) is 11.3 Å². The fourth-order valence-electron chi connectivity index (χ4n) is 3.39. The Hall–Kier alpha value is -3.65. The smallest absolute Gasteiger partial charge is 0.272 e. The maximum Gasteiger partial charge on any atom is 0.272 e. The number of furan rings is 1. The zero-order chi connectivity index (χ0) is 22.7. The van der Waals surface area contributed by atoms with Crippen LogP contribution >= 0.6 is 11.8 Å². The molecule has 0 fully saturated rings. The number of carbonyl (C=O) groups excluding carboxylic acids is 2. The molecule has 0 radical (unpaired) electrons. The molecule has 7 nitrogen and oxygen atoms in total. The highest BCUT2D eigenvalue weighted by Gasteiger charge is 2.40. The van der Waals surface area contributed by atoms with Crippen LogP contribution in [-0.2, 0) is 15.3 Å². The van der Waals surface area contributed by atoms with Crippen LogP contribution in [0.3, 0.4) is 0 Å². The van der Waals surface area contributed by atoms with Gasteiger partial charge >= 0.3 is 0 Å². The first kappa shape index (κ1) is 21.6. The van der Waals surface area contributed by atoms with E-state index in [0.29, 0.717) is 50.5 Å². The number of anilines is 1. The van der Waals surface area contributed by atoms with Gasteiger partial charge in [-0.2, -0.15) is 0 Å². The monoisotopic (exact) mass is 451 g/mol. The Morgan fingerprint density at radius 2 is 1.62 bits per heavy atom. The molecule has 164 valence electrons. The van der Waals surface area contributed by atoms with Gasteiger partial charge in [0.25, 0.3) is 11.8 Å². The summed E-state index contributed by atoms with van der Waals surface area (Å²) in [7, 11) is 4.60. The van der Waals surface area contributed by atoms with Crippen molar-refractivity contribution < 1.29 is 28.2 Å². The molecule has 1 aliphatic rings. The normalized spacial score (nSPS) is 13.7. The van der Waals surface area contributed by atoms with E-state index in [2.05, 4.69) is 0 Å². The second-order valence-electron chi connectivity index (χ2n) is 6.79. The Bertz CT molecular complexity index is 1170. The van der Waals surface area contributed by atoms with Gasteiger partial charge in [-0.05, 0) is 42.0 Å². The van der Waals surface area contributed by atoms with E-state index in [9.17, 15) is 9.59 Å². The second kappa shape index (κ2) is 9.23. The molecule has 0 atom stereocenters. The number of methoxy groups -OCH3 is 3. The van der Waals surface area contributed by atoms with Crippen molar-refractivity contribution in [3.63, 3.8) is 0 Å². The number of benzene rings is 2. The summed E-state index contributed by atoms with van der Waals surface area (Å²) in [6.07, 6.45) is 1.58. The van der Waals surface area contributed by atoms with Crippen molar-refractivity contribution >= 4 is 34.8 Å². The zero-order valence-electron chi connectivity index (χ0n) is 17.8. The lowest BCUT2D eigenvalue weighted by atomic mass is 10.1. The number of imide groups is 1. The summed E-state index contributed by atoms with van der Waals surface area (Å²) in [5, 5.41) is 0. The van der Waals surface area contributed by atoms with Crippen LogP contribution in [0.15, 0.2) is 70.2 Å². The van der Waals surface area contributed by atoms with Crippen LogP contribution in [0, 0.1) is 0 Å². The van der Waals surface area contributed by atoms with Gasteiger partial charge in [0.05, 0.1) is 49.5 Å².